The summed E-state index contributed by atoms with van der Waals surface area (Å²) in [4.78, 5) is 14.2. The lowest BCUT2D eigenvalue weighted by Crippen LogP contribution is -2.44. The molecular weight excluding hydrogens is 295 g/mol. The molecule has 0 spiro atoms. The molecule has 5 heteroatoms. The highest BCUT2D eigenvalue weighted by Gasteiger charge is 2.30. The minimum Gasteiger partial charge on any atom is -0.394 e. The Labute approximate surface area is 134 Å². The van der Waals surface area contributed by atoms with E-state index in [2.05, 4.69) is 5.32 Å². The van der Waals surface area contributed by atoms with E-state index in [9.17, 15) is 14.3 Å². The molecule has 0 saturated heterocycles. The zero-order chi connectivity index (χ0) is 16.4. The maximum Gasteiger partial charge on any atom is 0.322 e. The van der Waals surface area contributed by atoms with Crippen LogP contribution in [0.2, 0.25) is 0 Å². The van der Waals surface area contributed by atoms with E-state index in [0.29, 0.717) is 17.8 Å². The van der Waals surface area contributed by atoms with Gasteiger partial charge in [-0.2, -0.15) is 0 Å². The number of nitrogens with zero attached hydrogens (tertiary/aromatic N) is 1. The molecule has 1 unspecified atom stereocenters. The zero-order valence-electron chi connectivity index (χ0n) is 12.9. The molecule has 3 rings (SSSR count). The van der Waals surface area contributed by atoms with Gasteiger partial charge in [0.05, 0.1) is 12.6 Å². The number of aliphatic hydroxyl groups excluding tert-OH is 1. The molecule has 0 aromatic heterocycles. The summed E-state index contributed by atoms with van der Waals surface area (Å²) in [5.74, 6) is -0.356. The minimum absolute atomic E-state index is 0.146. The van der Waals surface area contributed by atoms with Crippen LogP contribution in [-0.2, 0) is 6.42 Å². The standard InChI is InChI=1S/C18H19FN2O2/c1-12-15(19)7-4-8-16(12)20-18(23)21-10-9-13-5-2-3-6-14(13)17(21)11-22/h2-8,17,22H,9-11H2,1H3,(H,20,23). The summed E-state index contributed by atoms with van der Waals surface area (Å²) in [7, 11) is 0. The number of carbonyl (C=O) groups excluding carboxylic acids is 1. The van der Waals surface area contributed by atoms with Gasteiger partial charge in [-0.3, -0.25) is 0 Å². The number of anilines is 1. The van der Waals surface area contributed by atoms with E-state index in [1.807, 2.05) is 24.3 Å². The average molecular weight is 314 g/mol. The lowest BCUT2D eigenvalue weighted by molar-refractivity contribution is 0.135. The molecule has 0 fully saturated rings. The van der Waals surface area contributed by atoms with Crippen LogP contribution in [-0.4, -0.2) is 29.2 Å². The van der Waals surface area contributed by atoms with Crippen LogP contribution < -0.4 is 5.32 Å². The molecular formula is C18H19FN2O2. The van der Waals surface area contributed by atoms with E-state index in [1.165, 1.54) is 6.07 Å². The van der Waals surface area contributed by atoms with E-state index >= 15 is 0 Å². The molecule has 1 aliphatic rings. The Kier molecular flexibility index (Phi) is 4.30. The number of halogens is 1. The number of hydrogen-bond acceptors (Lipinski definition) is 2. The molecule has 23 heavy (non-hydrogen) atoms. The number of nitrogens with one attached hydrogen (secondary N) is 1. The number of carbonyl (C=O) groups is 1. The third-order valence-corrected chi connectivity index (χ3v) is 4.36. The van der Waals surface area contributed by atoms with Crippen LogP contribution in [0.15, 0.2) is 42.5 Å². The number of rotatable bonds is 2. The molecule has 4 nitrogen and oxygen atoms in total. The van der Waals surface area contributed by atoms with Gasteiger partial charge >= 0.3 is 6.03 Å². The summed E-state index contributed by atoms with van der Waals surface area (Å²) in [5, 5.41) is 12.5. The topological polar surface area (TPSA) is 52.6 Å². The van der Waals surface area contributed by atoms with Crippen molar-refractivity contribution >= 4 is 11.7 Å². The fourth-order valence-corrected chi connectivity index (χ4v) is 3.02. The van der Waals surface area contributed by atoms with Crippen LogP contribution in [0.3, 0.4) is 0 Å². The lowest BCUT2D eigenvalue weighted by atomic mass is 9.93. The largest absolute Gasteiger partial charge is 0.394 e. The summed E-state index contributed by atoms with van der Waals surface area (Å²) in [5.41, 5.74) is 2.97. The van der Waals surface area contributed by atoms with E-state index < -0.39 is 0 Å². The van der Waals surface area contributed by atoms with Crippen molar-refractivity contribution < 1.29 is 14.3 Å². The molecule has 2 N–H and O–H groups in total. The Balaban J connectivity index is 1.84. The van der Waals surface area contributed by atoms with Crippen molar-refractivity contribution in [2.75, 3.05) is 18.5 Å². The van der Waals surface area contributed by atoms with Crippen molar-refractivity contribution in [2.45, 2.75) is 19.4 Å². The van der Waals surface area contributed by atoms with Gasteiger partial charge in [0.2, 0.25) is 0 Å². The Morgan fingerprint density at radius 2 is 2.09 bits per heavy atom. The van der Waals surface area contributed by atoms with Crippen molar-refractivity contribution in [2.24, 2.45) is 0 Å². The number of aliphatic hydroxyl groups is 1. The number of hydrogen-bond donors (Lipinski definition) is 2. The van der Waals surface area contributed by atoms with Gasteiger partial charge in [-0.1, -0.05) is 30.3 Å². The first-order valence-electron chi connectivity index (χ1n) is 7.63. The quantitative estimate of drug-likeness (QED) is 0.894. The highest BCUT2D eigenvalue weighted by atomic mass is 19.1. The van der Waals surface area contributed by atoms with E-state index in [0.717, 1.165) is 17.5 Å². The molecule has 2 aromatic carbocycles. The van der Waals surface area contributed by atoms with E-state index in [1.54, 1.807) is 24.0 Å². The highest BCUT2D eigenvalue weighted by Crippen LogP contribution is 2.30. The monoisotopic (exact) mass is 314 g/mol. The predicted molar refractivity (Wildman–Crippen MR) is 86.8 cm³/mol. The fourth-order valence-electron chi connectivity index (χ4n) is 3.02. The van der Waals surface area contributed by atoms with Crippen molar-refractivity contribution in [3.63, 3.8) is 0 Å². The molecule has 2 aromatic rings. The van der Waals surface area contributed by atoms with Gasteiger partial charge < -0.3 is 15.3 Å². The number of benzene rings is 2. The van der Waals surface area contributed by atoms with Crippen LogP contribution in [0.25, 0.3) is 0 Å². The van der Waals surface area contributed by atoms with Crippen molar-refractivity contribution in [3.05, 3.63) is 65.0 Å². The maximum atomic E-state index is 13.6. The second-order valence-electron chi connectivity index (χ2n) is 5.68. The Bertz CT molecular complexity index is 733. The minimum atomic E-state index is -0.381. The molecule has 1 heterocycles. The third kappa shape index (κ3) is 2.92. The van der Waals surface area contributed by atoms with Gasteiger partial charge in [-0.25, -0.2) is 9.18 Å². The van der Waals surface area contributed by atoms with E-state index in [-0.39, 0.29) is 24.5 Å². The first-order valence-corrected chi connectivity index (χ1v) is 7.63. The third-order valence-electron chi connectivity index (χ3n) is 4.36. The molecule has 120 valence electrons. The van der Waals surface area contributed by atoms with Gasteiger partial charge in [0, 0.05) is 17.8 Å². The molecule has 2 amide bonds. The van der Waals surface area contributed by atoms with Crippen LogP contribution in [0.1, 0.15) is 22.7 Å². The average Bonchev–Trinajstić information content (AvgIpc) is 2.57. The Morgan fingerprint density at radius 1 is 1.30 bits per heavy atom. The summed E-state index contributed by atoms with van der Waals surface area (Å²) in [6.07, 6.45) is 0.738. The number of fused-ring (bicyclic) bond motifs is 1. The van der Waals surface area contributed by atoms with Crippen LogP contribution in [0.5, 0.6) is 0 Å². The van der Waals surface area contributed by atoms with Crippen LogP contribution in [0, 0.1) is 12.7 Å². The van der Waals surface area contributed by atoms with E-state index in [4.69, 9.17) is 0 Å². The van der Waals surface area contributed by atoms with Gasteiger partial charge in [0.15, 0.2) is 0 Å². The van der Waals surface area contributed by atoms with Crippen molar-refractivity contribution in [1.82, 2.24) is 4.90 Å². The first-order chi connectivity index (χ1) is 11.1. The SMILES string of the molecule is Cc1c(F)cccc1NC(=O)N1CCc2ccccc2C1CO. The lowest BCUT2D eigenvalue weighted by Gasteiger charge is -2.36. The number of urea groups is 1. The van der Waals surface area contributed by atoms with Crippen LogP contribution in [0.4, 0.5) is 14.9 Å². The smallest absolute Gasteiger partial charge is 0.322 e. The maximum absolute atomic E-state index is 13.6. The van der Waals surface area contributed by atoms with Gasteiger partial charge in [0.1, 0.15) is 5.82 Å². The number of amides is 2. The Hall–Kier alpha value is -2.40. The van der Waals surface area contributed by atoms with Crippen molar-refractivity contribution in [1.29, 1.82) is 0 Å². The summed E-state index contributed by atoms with van der Waals surface area (Å²) in [6, 6.07) is 11.7. The summed E-state index contributed by atoms with van der Waals surface area (Å²) >= 11 is 0. The molecule has 1 atom stereocenters. The van der Waals surface area contributed by atoms with Crippen LogP contribution >= 0.6 is 0 Å². The second kappa shape index (κ2) is 6.38. The molecule has 0 saturated carbocycles. The zero-order valence-corrected chi connectivity index (χ0v) is 12.9. The first kappa shape index (κ1) is 15.5. The molecule has 0 radical (unpaired) electrons. The molecule has 0 aliphatic carbocycles. The van der Waals surface area contributed by atoms with Gasteiger partial charge in [-0.05, 0) is 36.6 Å². The molecule has 1 aliphatic heterocycles. The van der Waals surface area contributed by atoms with Gasteiger partial charge in [0.25, 0.3) is 0 Å². The highest BCUT2D eigenvalue weighted by molar-refractivity contribution is 5.90. The van der Waals surface area contributed by atoms with Gasteiger partial charge in [-0.15, -0.1) is 0 Å². The normalized spacial score (nSPS) is 16.8. The second-order valence-corrected chi connectivity index (χ2v) is 5.68. The predicted octanol–water partition coefficient (Wildman–Crippen LogP) is 3.26. The fraction of sp³-hybridized carbons (Fsp3) is 0.278. The van der Waals surface area contributed by atoms with Crippen molar-refractivity contribution in [3.8, 4) is 0 Å². The molecule has 0 bridgehead atoms. The summed E-state index contributed by atoms with van der Waals surface area (Å²) in [6.45, 7) is 2.00. The Morgan fingerprint density at radius 3 is 2.87 bits per heavy atom. The summed E-state index contributed by atoms with van der Waals surface area (Å²) < 4.78 is 13.6.